The second-order valence-corrected chi connectivity index (χ2v) is 34.0. The summed E-state index contributed by atoms with van der Waals surface area (Å²) in [5.41, 5.74) is -0.0122. The number of carbonyl (C=O) groups excluding carboxylic acids is 9. The zero-order chi connectivity index (χ0) is 86.9. The maximum Gasteiger partial charge on any atom is 0.410 e. The van der Waals surface area contributed by atoms with Crippen LogP contribution in [0.15, 0.2) is 90.4 Å². The van der Waals surface area contributed by atoms with Gasteiger partial charge in [0, 0.05) is 81.7 Å². The average Bonchev–Trinajstić information content (AvgIpc) is 1.60. The van der Waals surface area contributed by atoms with E-state index in [2.05, 4.69) is 69.1 Å². The number of aromatic nitrogens is 6. The lowest BCUT2D eigenvalue weighted by atomic mass is 10.0. The Balaban J connectivity index is 0.705. The molecule has 42 nitrogen and oxygen atoms in total. The van der Waals surface area contributed by atoms with Crippen LogP contribution < -0.4 is 42.2 Å². The van der Waals surface area contributed by atoms with Crippen LogP contribution in [0.1, 0.15) is 87.0 Å². The summed E-state index contributed by atoms with van der Waals surface area (Å²) in [6.45, 7) is 0.173. The maximum atomic E-state index is 14.1. The average molecular weight is 1780 g/mol. The zero-order valence-electron chi connectivity index (χ0n) is 67.4. The molecule has 9 N–H and O–H groups in total. The molecule has 2 aromatic carbocycles. The van der Waals surface area contributed by atoms with E-state index in [-0.39, 0.29) is 100 Å². The van der Waals surface area contributed by atoms with Gasteiger partial charge in [0.2, 0.25) is 41.4 Å². The molecule has 121 heavy (non-hydrogen) atoms. The third-order valence-electron chi connectivity index (χ3n) is 18.9. The quantitative estimate of drug-likeness (QED) is 0.0116. The third kappa shape index (κ3) is 31.2. The van der Waals surface area contributed by atoms with Crippen LogP contribution in [0, 0.1) is 11.8 Å². The zero-order valence-corrected chi connectivity index (χ0v) is 70.9. The number of nitrogens with one attached hydrogen (secondary N) is 7. The summed E-state index contributed by atoms with van der Waals surface area (Å²) in [5.74, 6) is -6.30. The van der Waals surface area contributed by atoms with Crippen LogP contribution in [-0.4, -0.2) is 291 Å². The molecular formula is C75H104N14O28P2S2. The van der Waals surface area contributed by atoms with Gasteiger partial charge in [-0.05, 0) is 79.7 Å². The van der Waals surface area contributed by atoms with Crippen LogP contribution in [0.4, 0.5) is 16.4 Å². The van der Waals surface area contributed by atoms with Gasteiger partial charge < -0.3 is 107 Å². The van der Waals surface area contributed by atoms with E-state index in [1.807, 2.05) is 0 Å². The highest BCUT2D eigenvalue weighted by Crippen LogP contribution is 2.59. The number of anilines is 2. The number of thiol groups is 1. The molecule has 9 rings (SSSR count). The Hall–Kier alpha value is -8.73. The van der Waals surface area contributed by atoms with Gasteiger partial charge in [-0.3, -0.25) is 67.4 Å². The SMILES string of the molecule is COCCOCCOCCOCCOCCOCCOCCOCCC(=O)N[C@@H](CCCCNC(=O)CN1C(=O)C=CC1=O)C(=O)N[C@H](C(=O)N[C@@H](C)C(=O)Nc1ccc(COC(=O)N(C)Cc2ccccc2C(=O)Nc2nc3c(ncn3[C@@H]3O[C@H]4COP(O)(=S)O[C@H]5C[C@H](Oc6ccncn6)C[C@@H]5COP(=O)(S)O[C@@H]3[C@@H]4O)c(=O)[nH]2)cc1)C(C)C. The van der Waals surface area contributed by atoms with Crippen molar-refractivity contribution in [2.24, 2.45) is 11.8 Å². The Morgan fingerprint density at radius 2 is 1.38 bits per heavy atom. The van der Waals surface area contributed by atoms with Gasteiger partial charge in [0.05, 0.1) is 125 Å². The number of aromatic amines is 1. The molecule has 6 heterocycles. The number of fused-ring (bicyclic) bond motifs is 4. The molecule has 2 unspecified atom stereocenters. The van der Waals surface area contributed by atoms with E-state index in [4.69, 9.17) is 82.0 Å². The molecule has 3 fully saturated rings. The van der Waals surface area contributed by atoms with Gasteiger partial charge in [-0.1, -0.05) is 56.4 Å². The monoisotopic (exact) mass is 1770 g/mol. The minimum atomic E-state index is -4.40. The molecule has 3 aliphatic heterocycles. The van der Waals surface area contributed by atoms with Gasteiger partial charge in [0.25, 0.3) is 23.3 Å². The Kier molecular flexibility index (Phi) is 38.9. The number of imide groups is 1. The number of rotatable bonds is 48. The minimum Gasteiger partial charge on any atom is -0.474 e. The fourth-order valence-corrected chi connectivity index (χ4v) is 15.6. The highest BCUT2D eigenvalue weighted by atomic mass is 32.7. The van der Waals surface area contributed by atoms with Crippen molar-refractivity contribution >= 4 is 114 Å². The van der Waals surface area contributed by atoms with E-state index in [1.165, 1.54) is 42.0 Å². The smallest absolute Gasteiger partial charge is 0.410 e. The van der Waals surface area contributed by atoms with E-state index in [1.54, 1.807) is 69.5 Å². The van der Waals surface area contributed by atoms with Crippen molar-refractivity contribution in [3.05, 3.63) is 113 Å². The molecule has 12 atom stereocenters. The van der Waals surface area contributed by atoms with Crippen molar-refractivity contribution in [2.45, 2.75) is 127 Å². The van der Waals surface area contributed by atoms with Gasteiger partial charge in [0.15, 0.2) is 17.4 Å². The van der Waals surface area contributed by atoms with Gasteiger partial charge in [-0.2, -0.15) is 4.98 Å². The Labute approximate surface area is 706 Å². The predicted molar refractivity (Wildman–Crippen MR) is 434 cm³/mol. The van der Waals surface area contributed by atoms with Crippen LogP contribution in [0.2, 0.25) is 0 Å². The number of imidazole rings is 1. The van der Waals surface area contributed by atoms with Crippen LogP contribution in [0.25, 0.3) is 11.2 Å². The molecular weight excluding hydrogens is 1670 g/mol. The van der Waals surface area contributed by atoms with E-state index >= 15 is 0 Å². The first kappa shape index (κ1) is 96.1. The molecule has 664 valence electrons. The molecule has 9 amide bonds. The highest BCUT2D eigenvalue weighted by Gasteiger charge is 2.51. The van der Waals surface area contributed by atoms with Gasteiger partial charge >= 0.3 is 19.6 Å². The van der Waals surface area contributed by atoms with Crippen molar-refractivity contribution in [3.8, 4) is 5.88 Å². The maximum absolute atomic E-state index is 14.1. The number of benzene rings is 2. The summed E-state index contributed by atoms with van der Waals surface area (Å²) in [7, 11) is 3.05. The van der Waals surface area contributed by atoms with Crippen molar-refractivity contribution in [1.29, 1.82) is 0 Å². The number of unbranched alkanes of at least 4 members (excludes halogenated alkanes) is 1. The molecule has 1 aliphatic carbocycles. The van der Waals surface area contributed by atoms with Crippen LogP contribution >= 0.6 is 25.8 Å². The number of methoxy groups -OCH3 is 1. The minimum absolute atomic E-state index is 0.0133. The van der Waals surface area contributed by atoms with Crippen molar-refractivity contribution in [1.82, 2.24) is 60.6 Å². The summed E-state index contributed by atoms with van der Waals surface area (Å²) >= 11 is 9.64. The molecule has 1 saturated carbocycles. The van der Waals surface area contributed by atoms with Crippen molar-refractivity contribution < 1.29 is 128 Å². The first-order valence-electron chi connectivity index (χ1n) is 39.1. The number of ether oxygens (including phenoxy) is 11. The Morgan fingerprint density at radius 1 is 0.736 bits per heavy atom. The number of aliphatic hydroxyl groups is 1. The van der Waals surface area contributed by atoms with Crippen molar-refractivity contribution in [3.63, 3.8) is 0 Å². The standard InChI is InChI=1S/C75H104N14O28P2S2/c1-47(2)63(83-70(97)55(12-8-9-21-77-59(91)41-88-61(92)17-18-62(88)93)82-58(90)20-23-104-26-27-106-30-31-108-34-35-110-37-36-109-33-32-107-29-28-105-25-24-103-5)71(98)80-48(3)68(95)81-52-15-13-49(14-16-52)42-111-75(100)87(4)40-50-10-6-7-11-54(50)69(96)85-74-84-67-64(72(99)86-74)79-46-89(67)73-66-65(94)57(115-73)44-113-118(101,120)116-56-39-53(114-60-19-22-76-45-78-60)38-51(56)43-112-119(102,121)117-66/h6-7,10-11,13-19,22,45-48,51,53,55-57,63,65-66,73,94H,8-9,12,20-21,23-44H2,1-5H3,(H,77,91)(H,80,98)(H,81,95)(H,82,90)(H,83,97)(H,101,120)(H,102,121)(H2,84,85,86,96,99)/t48-,51+,53+,55-,56-,57-,63-,65+,66+,73+,118?,119?/m0/s1. The number of H-pyrrole nitrogens is 1. The summed E-state index contributed by atoms with van der Waals surface area (Å²) in [6, 6.07) is 10.6. The first-order valence-corrected chi connectivity index (χ1v) is 44.4. The van der Waals surface area contributed by atoms with Crippen LogP contribution in [0.3, 0.4) is 0 Å². The lowest BCUT2D eigenvalue weighted by molar-refractivity contribution is -0.141. The fourth-order valence-electron chi connectivity index (χ4n) is 12.5. The summed E-state index contributed by atoms with van der Waals surface area (Å²) in [4.78, 5) is 165. The van der Waals surface area contributed by atoms with Gasteiger partial charge in [-0.25, -0.2) is 24.3 Å². The molecule has 4 aliphatic rings. The van der Waals surface area contributed by atoms with Crippen molar-refractivity contribution in [2.75, 3.05) is 150 Å². The number of nitrogens with zero attached hydrogens (tertiary/aromatic N) is 7. The largest absolute Gasteiger partial charge is 0.474 e. The second kappa shape index (κ2) is 48.9. The van der Waals surface area contributed by atoms with E-state index < -0.39 is 152 Å². The second-order valence-electron chi connectivity index (χ2n) is 28.3. The van der Waals surface area contributed by atoms with Gasteiger partial charge in [0.1, 0.15) is 62.0 Å². The van der Waals surface area contributed by atoms with Gasteiger partial charge in [-0.15, -0.1) is 0 Å². The van der Waals surface area contributed by atoms with E-state index in [0.29, 0.717) is 109 Å². The third-order valence-corrected chi connectivity index (χ3v) is 22.1. The lowest BCUT2D eigenvalue weighted by Gasteiger charge is -2.27. The molecule has 46 heteroatoms. The fraction of sp³-hybridized carbons (Fsp3) is 0.573. The normalized spacial score (nSPS) is 21.7. The summed E-state index contributed by atoms with van der Waals surface area (Å²) in [6.07, 6.45) is -0.993. The molecule has 2 bridgehead atoms. The number of hydrogen-bond donors (Lipinski definition) is 10. The first-order chi connectivity index (χ1) is 58.1. The highest BCUT2D eigenvalue weighted by molar-refractivity contribution is 8.44. The molecule has 0 spiro atoms. The number of aliphatic hydroxyl groups excluding tert-OH is 1. The van der Waals surface area contributed by atoms with E-state index in [0.717, 1.165) is 23.4 Å². The lowest BCUT2D eigenvalue weighted by Crippen LogP contribution is -2.57. The predicted octanol–water partition coefficient (Wildman–Crippen LogP) is 2.55. The number of amides is 9. The van der Waals surface area contributed by atoms with E-state index in [9.17, 15) is 62.5 Å². The summed E-state index contributed by atoms with van der Waals surface area (Å²) < 4.78 is 99.8. The topological polar surface area (TPSA) is 518 Å². The molecule has 3 aromatic heterocycles. The number of carbonyl (C=O) groups is 9. The number of hydrogen-bond acceptors (Lipinski definition) is 32. The molecule has 2 saturated heterocycles. The Morgan fingerprint density at radius 3 is 2.02 bits per heavy atom. The molecule has 5 aromatic rings. The van der Waals surface area contributed by atoms with Crippen LogP contribution in [0.5, 0.6) is 5.88 Å². The Bertz CT molecular complexity index is 4430. The van der Waals surface area contributed by atoms with Crippen LogP contribution in [-0.2, 0) is 129 Å². The summed E-state index contributed by atoms with van der Waals surface area (Å²) in [5, 5.41) is 27.7. The molecule has 0 radical (unpaired) electrons.